The minimum atomic E-state index is 0.432. The van der Waals surface area contributed by atoms with Crippen LogP contribution in [-0.2, 0) is 6.54 Å². The summed E-state index contributed by atoms with van der Waals surface area (Å²) in [4.78, 5) is 3.97. The second kappa shape index (κ2) is 5.70. The second-order valence-corrected chi connectivity index (χ2v) is 4.81. The van der Waals surface area contributed by atoms with Gasteiger partial charge in [-0.25, -0.2) is 0 Å². The molecule has 0 aliphatic carbocycles. The van der Waals surface area contributed by atoms with Crippen LogP contribution in [0.25, 0.3) is 0 Å². The van der Waals surface area contributed by atoms with Crippen LogP contribution in [0, 0.1) is 0 Å². The van der Waals surface area contributed by atoms with Gasteiger partial charge in [0.2, 0.25) is 0 Å². The van der Waals surface area contributed by atoms with Gasteiger partial charge in [-0.1, -0.05) is 30.3 Å². The molecule has 17 heavy (non-hydrogen) atoms. The largest absolute Gasteiger partial charge is 0.428 e. The average Bonchev–Trinajstić information content (AvgIpc) is 2.75. The zero-order chi connectivity index (χ0) is 12.1. The van der Waals surface area contributed by atoms with Crippen molar-refractivity contribution in [3.05, 3.63) is 29.5 Å². The number of hydrogen-bond donors (Lipinski definition) is 1. The highest BCUT2D eigenvalue weighted by molar-refractivity contribution is 7.13. The minimum absolute atomic E-state index is 0.432. The maximum absolute atomic E-state index is 5.52. The summed E-state index contributed by atoms with van der Waals surface area (Å²) in [5.74, 6) is 0.673. The van der Waals surface area contributed by atoms with Crippen LogP contribution in [0.1, 0.15) is 18.9 Å². The van der Waals surface area contributed by atoms with E-state index in [-0.39, 0.29) is 0 Å². The monoisotopic (exact) mass is 250 g/mol. The number of aromatic nitrogens is 3. The van der Waals surface area contributed by atoms with Gasteiger partial charge in [-0.15, -0.1) is 5.10 Å². The lowest BCUT2D eigenvalue weighted by Gasteiger charge is -2.03. The molecule has 0 unspecified atom stereocenters. The Bertz CT molecular complexity index is 458. The Balaban J connectivity index is 1.94. The lowest BCUT2D eigenvalue weighted by atomic mass is 10.4. The first-order valence-corrected chi connectivity index (χ1v) is 6.19. The number of nitrogens with zero attached hydrogens (tertiary/aromatic N) is 3. The Morgan fingerprint density at radius 1 is 1.41 bits per heavy atom. The first-order chi connectivity index (χ1) is 8.24. The van der Waals surface area contributed by atoms with E-state index in [1.54, 1.807) is 12.4 Å². The van der Waals surface area contributed by atoms with E-state index >= 15 is 0 Å². The van der Waals surface area contributed by atoms with Crippen LogP contribution < -0.4 is 10.1 Å². The van der Waals surface area contributed by atoms with E-state index in [1.807, 2.05) is 12.1 Å². The molecule has 0 radical (unpaired) electrons. The number of ether oxygens (including phenoxy) is 1. The fraction of sp³-hybridized carbons (Fsp3) is 0.364. The first-order valence-electron chi connectivity index (χ1n) is 5.37. The lowest BCUT2D eigenvalue weighted by molar-refractivity contribution is 0.470. The normalized spacial score (nSPS) is 10.8. The van der Waals surface area contributed by atoms with Crippen molar-refractivity contribution in [1.29, 1.82) is 0 Å². The number of nitrogens with one attached hydrogen (secondary N) is 1. The van der Waals surface area contributed by atoms with E-state index in [0.29, 0.717) is 23.5 Å². The molecule has 6 heteroatoms. The molecule has 0 saturated heterocycles. The summed E-state index contributed by atoms with van der Waals surface area (Å²) in [6.45, 7) is 4.90. The van der Waals surface area contributed by atoms with Crippen molar-refractivity contribution in [3.63, 3.8) is 0 Å². The van der Waals surface area contributed by atoms with Crippen molar-refractivity contribution in [1.82, 2.24) is 20.5 Å². The quantitative estimate of drug-likeness (QED) is 0.881. The van der Waals surface area contributed by atoms with E-state index < -0.39 is 0 Å². The Hall–Kier alpha value is -1.53. The Kier molecular flexibility index (Phi) is 4.00. The summed E-state index contributed by atoms with van der Waals surface area (Å²) in [5.41, 5.74) is 0. The molecule has 2 aromatic rings. The Labute approximate surface area is 104 Å². The van der Waals surface area contributed by atoms with E-state index in [9.17, 15) is 0 Å². The van der Waals surface area contributed by atoms with Crippen LogP contribution in [0.15, 0.2) is 24.5 Å². The van der Waals surface area contributed by atoms with Gasteiger partial charge >= 0.3 is 0 Å². The molecule has 90 valence electrons. The van der Waals surface area contributed by atoms with Gasteiger partial charge in [0.15, 0.2) is 0 Å². The molecule has 5 nitrogen and oxygen atoms in total. The van der Waals surface area contributed by atoms with Crippen LogP contribution in [-0.4, -0.2) is 21.2 Å². The molecule has 2 rings (SSSR count). The predicted octanol–water partition coefficient (Wildman–Crippen LogP) is 2.22. The van der Waals surface area contributed by atoms with Gasteiger partial charge in [0.25, 0.3) is 5.19 Å². The molecule has 0 saturated carbocycles. The van der Waals surface area contributed by atoms with Crippen LogP contribution in [0.3, 0.4) is 0 Å². The molecule has 0 spiro atoms. The fourth-order valence-electron chi connectivity index (χ4n) is 1.15. The van der Waals surface area contributed by atoms with Gasteiger partial charge in [-0.05, 0) is 12.1 Å². The lowest BCUT2D eigenvalue weighted by Crippen LogP contribution is -2.21. The third kappa shape index (κ3) is 3.76. The maximum atomic E-state index is 5.52. The maximum Gasteiger partial charge on any atom is 0.299 e. The Morgan fingerprint density at radius 3 is 3.00 bits per heavy atom. The van der Waals surface area contributed by atoms with Crippen molar-refractivity contribution in [3.8, 4) is 10.9 Å². The summed E-state index contributed by atoms with van der Waals surface area (Å²) < 4.78 is 5.52. The highest BCUT2D eigenvalue weighted by Gasteiger charge is 2.06. The van der Waals surface area contributed by atoms with E-state index in [1.165, 1.54) is 11.3 Å². The highest BCUT2D eigenvalue weighted by Crippen LogP contribution is 2.23. The van der Waals surface area contributed by atoms with Crippen LogP contribution in [0.4, 0.5) is 0 Å². The molecule has 0 aliphatic rings. The van der Waals surface area contributed by atoms with Crippen LogP contribution >= 0.6 is 11.3 Å². The van der Waals surface area contributed by atoms with Crippen molar-refractivity contribution >= 4 is 11.3 Å². The third-order valence-corrected chi connectivity index (χ3v) is 2.75. The van der Waals surface area contributed by atoms with E-state index in [4.69, 9.17) is 4.74 Å². The summed E-state index contributed by atoms with van der Waals surface area (Å²) in [7, 11) is 0. The number of hydrogen-bond acceptors (Lipinski definition) is 6. The van der Waals surface area contributed by atoms with Gasteiger partial charge in [0.05, 0.1) is 12.7 Å². The molecule has 0 fully saturated rings. The Morgan fingerprint density at radius 2 is 2.29 bits per heavy atom. The molecular formula is C11H14N4OS. The zero-order valence-electron chi connectivity index (χ0n) is 9.75. The number of rotatable bonds is 5. The molecule has 0 aliphatic heterocycles. The van der Waals surface area contributed by atoms with Gasteiger partial charge in [0, 0.05) is 12.2 Å². The zero-order valence-corrected chi connectivity index (χ0v) is 10.6. The standard InChI is InChI=1S/C11H14N4OS/c1-8(2)13-7-10-14-15-11(17-10)16-9-4-3-5-12-6-9/h3-6,8,13H,7H2,1-2H3. The molecule has 0 aromatic carbocycles. The van der Waals surface area contributed by atoms with Crippen molar-refractivity contribution in [2.24, 2.45) is 0 Å². The topological polar surface area (TPSA) is 59.9 Å². The fourth-order valence-corrected chi connectivity index (χ4v) is 1.81. The molecule has 1 N–H and O–H groups in total. The van der Waals surface area contributed by atoms with E-state index in [2.05, 4.69) is 34.3 Å². The van der Waals surface area contributed by atoms with Crippen molar-refractivity contribution < 1.29 is 4.74 Å². The molecule has 2 aromatic heterocycles. The smallest absolute Gasteiger partial charge is 0.299 e. The highest BCUT2D eigenvalue weighted by atomic mass is 32.1. The van der Waals surface area contributed by atoms with Gasteiger partial charge in [-0.2, -0.15) is 0 Å². The SMILES string of the molecule is CC(C)NCc1nnc(Oc2cccnc2)s1. The average molecular weight is 250 g/mol. The first kappa shape index (κ1) is 11.9. The third-order valence-electron chi connectivity index (χ3n) is 1.95. The summed E-state index contributed by atoms with van der Waals surface area (Å²) in [6, 6.07) is 4.08. The second-order valence-electron chi connectivity index (χ2n) is 3.79. The van der Waals surface area contributed by atoms with Gasteiger partial charge in [0.1, 0.15) is 10.8 Å². The molecular weight excluding hydrogens is 236 g/mol. The van der Waals surface area contributed by atoms with Crippen LogP contribution in [0.2, 0.25) is 0 Å². The molecule has 0 atom stereocenters. The summed E-state index contributed by atoms with van der Waals surface area (Å²) in [6.07, 6.45) is 3.35. The number of pyridine rings is 1. The minimum Gasteiger partial charge on any atom is -0.428 e. The van der Waals surface area contributed by atoms with Gasteiger partial charge < -0.3 is 10.1 Å². The van der Waals surface area contributed by atoms with Crippen molar-refractivity contribution in [2.45, 2.75) is 26.4 Å². The summed E-state index contributed by atoms with van der Waals surface area (Å²) in [5, 5.41) is 12.7. The summed E-state index contributed by atoms with van der Waals surface area (Å²) >= 11 is 1.43. The molecule has 0 bridgehead atoms. The van der Waals surface area contributed by atoms with Crippen molar-refractivity contribution in [2.75, 3.05) is 0 Å². The van der Waals surface area contributed by atoms with E-state index in [0.717, 1.165) is 5.01 Å². The molecule has 2 heterocycles. The van der Waals surface area contributed by atoms with Crippen LogP contribution in [0.5, 0.6) is 10.9 Å². The van der Waals surface area contributed by atoms with Gasteiger partial charge in [-0.3, -0.25) is 4.98 Å². The predicted molar refractivity (Wildman–Crippen MR) is 66.2 cm³/mol. The molecule has 0 amide bonds.